The van der Waals surface area contributed by atoms with Crippen molar-refractivity contribution in [2.24, 2.45) is 0 Å². The Hall–Kier alpha value is -0.413. The van der Waals surface area contributed by atoms with E-state index in [4.69, 9.17) is 0 Å². The van der Waals surface area contributed by atoms with Gasteiger partial charge in [0.1, 0.15) is 5.78 Å². The second-order valence-electron chi connectivity index (χ2n) is 3.78. The summed E-state index contributed by atoms with van der Waals surface area (Å²) in [5.74, 6) is 0.150. The maximum absolute atomic E-state index is 10.9. The van der Waals surface area contributed by atoms with Gasteiger partial charge in [0.05, 0.1) is 0 Å². The van der Waals surface area contributed by atoms with Crippen LogP contribution in [-0.4, -0.2) is 18.9 Å². The van der Waals surface area contributed by atoms with Gasteiger partial charge in [-0.1, -0.05) is 6.08 Å². The third kappa shape index (κ3) is 4.46. The van der Waals surface area contributed by atoms with Crippen LogP contribution < -0.4 is 0 Å². The molecule has 0 aliphatic carbocycles. The smallest absolute Gasteiger partial charge is 0.186 e. The lowest BCUT2D eigenvalue weighted by Gasteiger charge is -2.24. The number of hydrogen-bond donors (Lipinski definition) is 1. The summed E-state index contributed by atoms with van der Waals surface area (Å²) in [7, 11) is -2.16. The molecule has 0 amide bonds. The van der Waals surface area contributed by atoms with Crippen molar-refractivity contribution in [1.29, 1.82) is 0 Å². The highest BCUT2D eigenvalue weighted by atomic mass is 28.4. The van der Waals surface area contributed by atoms with E-state index in [9.17, 15) is 9.59 Å². The standard InChI is InChI=1S/C9H18O2Si/c1-5-6-9(7-8(2)10)12(3,4)11/h5,9,11H,1,6-7H2,2-4H3. The van der Waals surface area contributed by atoms with Gasteiger partial charge in [-0.15, -0.1) is 6.58 Å². The zero-order valence-corrected chi connectivity index (χ0v) is 9.13. The molecule has 0 saturated heterocycles. The Balaban J connectivity index is 4.22. The highest BCUT2D eigenvalue weighted by Crippen LogP contribution is 2.27. The Labute approximate surface area is 75.4 Å². The number of allylic oxidation sites excluding steroid dienone is 1. The van der Waals surface area contributed by atoms with Crippen LogP contribution in [0.3, 0.4) is 0 Å². The molecule has 0 spiro atoms. The Morgan fingerprint density at radius 2 is 2.17 bits per heavy atom. The zero-order valence-electron chi connectivity index (χ0n) is 8.13. The minimum Gasteiger partial charge on any atom is -0.432 e. The Morgan fingerprint density at radius 3 is 2.42 bits per heavy atom. The number of carbonyl (C=O) groups is 1. The number of hydrogen-bond acceptors (Lipinski definition) is 2. The van der Waals surface area contributed by atoms with Gasteiger partial charge in [0.2, 0.25) is 0 Å². The third-order valence-electron chi connectivity index (χ3n) is 1.98. The molecular formula is C9H18O2Si. The largest absolute Gasteiger partial charge is 0.432 e. The van der Waals surface area contributed by atoms with Crippen molar-refractivity contribution in [2.75, 3.05) is 0 Å². The Morgan fingerprint density at radius 1 is 1.67 bits per heavy atom. The molecule has 0 rings (SSSR count). The Kier molecular flexibility index (Phi) is 4.42. The number of Topliss-reactive ketones (excluding diaryl/α,β-unsaturated/α-hetero) is 1. The summed E-state index contributed by atoms with van der Waals surface area (Å²) < 4.78 is 0. The molecule has 0 radical (unpaired) electrons. The van der Waals surface area contributed by atoms with Crippen LogP contribution in [-0.2, 0) is 4.79 Å². The fourth-order valence-electron chi connectivity index (χ4n) is 1.17. The molecule has 12 heavy (non-hydrogen) atoms. The van der Waals surface area contributed by atoms with E-state index in [0.29, 0.717) is 6.42 Å². The molecule has 0 fully saturated rings. The van der Waals surface area contributed by atoms with Crippen LogP contribution in [0.25, 0.3) is 0 Å². The average molecular weight is 186 g/mol. The van der Waals surface area contributed by atoms with Crippen molar-refractivity contribution >= 4 is 14.1 Å². The van der Waals surface area contributed by atoms with Crippen LogP contribution >= 0.6 is 0 Å². The van der Waals surface area contributed by atoms with Gasteiger partial charge in [0.25, 0.3) is 0 Å². The van der Waals surface area contributed by atoms with Crippen molar-refractivity contribution in [2.45, 2.75) is 38.4 Å². The van der Waals surface area contributed by atoms with Crippen LogP contribution in [0.5, 0.6) is 0 Å². The van der Waals surface area contributed by atoms with Gasteiger partial charge in [0.15, 0.2) is 8.32 Å². The average Bonchev–Trinajstić information content (AvgIpc) is 1.83. The lowest BCUT2D eigenvalue weighted by atomic mass is 10.2. The van der Waals surface area contributed by atoms with Crippen LogP contribution in [0.1, 0.15) is 19.8 Å². The van der Waals surface area contributed by atoms with Crippen molar-refractivity contribution in [3.8, 4) is 0 Å². The second kappa shape index (κ2) is 4.57. The van der Waals surface area contributed by atoms with E-state index in [-0.39, 0.29) is 11.3 Å². The molecule has 0 aliphatic rings. The molecular weight excluding hydrogens is 168 g/mol. The normalized spacial score (nSPS) is 14.0. The van der Waals surface area contributed by atoms with Crippen molar-refractivity contribution in [3.63, 3.8) is 0 Å². The molecule has 0 heterocycles. The monoisotopic (exact) mass is 186 g/mol. The highest BCUT2D eigenvalue weighted by Gasteiger charge is 2.29. The quantitative estimate of drug-likeness (QED) is 0.527. The summed E-state index contributed by atoms with van der Waals surface area (Å²) in [5, 5.41) is 0. The van der Waals surface area contributed by atoms with E-state index in [1.165, 1.54) is 0 Å². The molecule has 3 heteroatoms. The van der Waals surface area contributed by atoms with Gasteiger partial charge in [-0.25, -0.2) is 0 Å². The number of carbonyl (C=O) groups excluding carboxylic acids is 1. The first-order valence-corrected chi connectivity index (χ1v) is 7.23. The second-order valence-corrected chi connectivity index (χ2v) is 7.90. The first kappa shape index (κ1) is 11.6. The molecule has 0 saturated carbocycles. The van der Waals surface area contributed by atoms with Crippen LogP contribution in [0.15, 0.2) is 12.7 Å². The summed E-state index contributed by atoms with van der Waals surface area (Å²) >= 11 is 0. The highest BCUT2D eigenvalue weighted by molar-refractivity contribution is 6.71. The molecule has 1 N–H and O–H groups in total. The first-order valence-electron chi connectivity index (χ1n) is 4.20. The van der Waals surface area contributed by atoms with Gasteiger partial charge in [-0.3, -0.25) is 0 Å². The third-order valence-corrected chi connectivity index (χ3v) is 4.42. The first-order chi connectivity index (χ1) is 5.38. The van der Waals surface area contributed by atoms with E-state index >= 15 is 0 Å². The van der Waals surface area contributed by atoms with Gasteiger partial charge in [-0.2, -0.15) is 0 Å². The van der Waals surface area contributed by atoms with E-state index in [1.54, 1.807) is 13.0 Å². The molecule has 1 atom stereocenters. The maximum Gasteiger partial charge on any atom is 0.186 e. The van der Waals surface area contributed by atoms with Gasteiger partial charge in [0, 0.05) is 6.42 Å². The molecule has 1 unspecified atom stereocenters. The predicted octanol–water partition coefficient (Wildman–Crippen LogP) is 2.11. The molecule has 0 aromatic heterocycles. The van der Waals surface area contributed by atoms with Crippen LogP contribution in [0, 0.1) is 0 Å². The fraction of sp³-hybridized carbons (Fsp3) is 0.667. The molecule has 0 aromatic carbocycles. The molecule has 0 bridgehead atoms. The molecule has 2 nitrogen and oxygen atoms in total. The lowest BCUT2D eigenvalue weighted by molar-refractivity contribution is -0.117. The molecule has 0 aromatic rings. The van der Waals surface area contributed by atoms with Crippen LogP contribution in [0.4, 0.5) is 0 Å². The van der Waals surface area contributed by atoms with Crippen molar-refractivity contribution in [1.82, 2.24) is 0 Å². The minimum absolute atomic E-state index is 0.132. The minimum atomic E-state index is -2.16. The summed E-state index contributed by atoms with van der Waals surface area (Å²) in [5.41, 5.74) is 0.132. The van der Waals surface area contributed by atoms with Gasteiger partial charge < -0.3 is 9.59 Å². The summed E-state index contributed by atoms with van der Waals surface area (Å²) in [6, 6.07) is 0. The zero-order chi connectivity index (χ0) is 9.78. The van der Waals surface area contributed by atoms with Crippen molar-refractivity contribution in [3.05, 3.63) is 12.7 Å². The van der Waals surface area contributed by atoms with Crippen LogP contribution in [0.2, 0.25) is 18.6 Å². The van der Waals surface area contributed by atoms with E-state index < -0.39 is 8.32 Å². The van der Waals surface area contributed by atoms with E-state index in [0.717, 1.165) is 6.42 Å². The van der Waals surface area contributed by atoms with Gasteiger partial charge in [-0.05, 0) is 32.0 Å². The summed E-state index contributed by atoms with van der Waals surface area (Å²) in [6.07, 6.45) is 3.01. The fourth-order valence-corrected chi connectivity index (χ4v) is 2.70. The lowest BCUT2D eigenvalue weighted by Crippen LogP contribution is -2.33. The predicted molar refractivity (Wildman–Crippen MR) is 53.6 cm³/mol. The van der Waals surface area contributed by atoms with Crippen molar-refractivity contribution < 1.29 is 9.59 Å². The SMILES string of the molecule is C=CCC(CC(C)=O)[Si](C)(C)O. The van der Waals surface area contributed by atoms with E-state index in [2.05, 4.69) is 6.58 Å². The molecule has 0 aliphatic heterocycles. The topological polar surface area (TPSA) is 37.3 Å². The summed E-state index contributed by atoms with van der Waals surface area (Å²) in [6.45, 7) is 8.92. The molecule has 70 valence electrons. The Bertz CT molecular complexity index is 170. The summed E-state index contributed by atoms with van der Waals surface area (Å²) in [4.78, 5) is 20.6. The maximum atomic E-state index is 10.9. The van der Waals surface area contributed by atoms with Gasteiger partial charge >= 0.3 is 0 Å². The number of rotatable bonds is 5. The number of ketones is 1. The van der Waals surface area contributed by atoms with E-state index in [1.807, 2.05) is 13.1 Å².